The van der Waals surface area contributed by atoms with E-state index in [4.69, 9.17) is 4.74 Å². The lowest BCUT2D eigenvalue weighted by Crippen LogP contribution is -2.33. The molecule has 3 rings (SSSR count). The molecule has 0 saturated carbocycles. The Morgan fingerprint density at radius 3 is 2.56 bits per heavy atom. The molecule has 10 heteroatoms. The number of benzene rings is 2. The van der Waals surface area contributed by atoms with Crippen molar-refractivity contribution in [1.29, 1.82) is 0 Å². The van der Waals surface area contributed by atoms with E-state index in [1.165, 1.54) is 17.9 Å². The van der Waals surface area contributed by atoms with E-state index in [-0.39, 0.29) is 30.6 Å². The van der Waals surface area contributed by atoms with Gasteiger partial charge in [0.2, 0.25) is 5.91 Å². The van der Waals surface area contributed by atoms with E-state index in [1.807, 2.05) is 0 Å². The molecule has 2 N–H and O–H groups in total. The van der Waals surface area contributed by atoms with Gasteiger partial charge in [-0.2, -0.15) is 0 Å². The van der Waals surface area contributed by atoms with Gasteiger partial charge in [-0.1, -0.05) is 31.2 Å². The van der Waals surface area contributed by atoms with Gasteiger partial charge >= 0.3 is 6.09 Å². The molecule has 0 radical (unpaired) electrons. The quantitative estimate of drug-likeness (QED) is 0.592. The molecule has 0 unspecified atom stereocenters. The highest BCUT2D eigenvalue weighted by atomic mass is 32.2. The third kappa shape index (κ3) is 6.04. The number of rotatable bonds is 9. The van der Waals surface area contributed by atoms with Gasteiger partial charge in [0.05, 0.1) is 24.7 Å². The van der Waals surface area contributed by atoms with Crippen LogP contribution in [0.15, 0.2) is 42.5 Å². The van der Waals surface area contributed by atoms with Crippen LogP contribution in [-0.4, -0.2) is 51.2 Å². The molecule has 0 bridgehead atoms. The lowest BCUT2D eigenvalue weighted by atomic mass is 10.0. The molecule has 1 atom stereocenters. The molecule has 2 aromatic carbocycles. The van der Waals surface area contributed by atoms with E-state index in [2.05, 4.69) is 10.6 Å². The molecule has 1 aliphatic rings. The van der Waals surface area contributed by atoms with Crippen molar-refractivity contribution >= 4 is 27.5 Å². The fraction of sp³-hybridized carbons (Fsp3) is 0.364. The van der Waals surface area contributed by atoms with Crippen LogP contribution in [0.1, 0.15) is 19.4 Å². The number of hydrogen-bond donors (Lipinski definition) is 2. The Labute approximate surface area is 186 Å². The SMILES string of the molecule is CCS(=O)(=O)CNCc1ccc(-c2ccc(N3C[C@H](CNC(C)=O)OC3=O)cc2F)cc1. The first kappa shape index (κ1) is 23.7. The Morgan fingerprint density at radius 1 is 1.22 bits per heavy atom. The average molecular weight is 464 g/mol. The first-order valence-electron chi connectivity index (χ1n) is 10.2. The normalized spacial score (nSPS) is 16.2. The summed E-state index contributed by atoms with van der Waals surface area (Å²) in [4.78, 5) is 24.5. The van der Waals surface area contributed by atoms with Gasteiger partial charge in [0.1, 0.15) is 11.9 Å². The molecule has 1 heterocycles. The molecule has 32 heavy (non-hydrogen) atoms. The van der Waals surface area contributed by atoms with E-state index < -0.39 is 27.9 Å². The lowest BCUT2D eigenvalue weighted by Gasteiger charge is -2.15. The predicted molar refractivity (Wildman–Crippen MR) is 119 cm³/mol. The molecule has 172 valence electrons. The van der Waals surface area contributed by atoms with Gasteiger partial charge in [-0.3, -0.25) is 15.0 Å². The number of cyclic esters (lactones) is 1. The Balaban J connectivity index is 1.65. The van der Waals surface area contributed by atoms with Crippen LogP contribution in [0.25, 0.3) is 11.1 Å². The highest BCUT2D eigenvalue weighted by Gasteiger charge is 2.32. The van der Waals surface area contributed by atoms with Crippen LogP contribution < -0.4 is 15.5 Å². The van der Waals surface area contributed by atoms with Crippen LogP contribution >= 0.6 is 0 Å². The van der Waals surface area contributed by atoms with Crippen molar-refractivity contribution in [1.82, 2.24) is 10.6 Å². The Morgan fingerprint density at radius 2 is 1.94 bits per heavy atom. The van der Waals surface area contributed by atoms with Crippen molar-refractivity contribution in [3.8, 4) is 11.1 Å². The van der Waals surface area contributed by atoms with Crippen LogP contribution in [0, 0.1) is 5.82 Å². The maximum absolute atomic E-state index is 14.8. The van der Waals surface area contributed by atoms with Crippen molar-refractivity contribution in [2.24, 2.45) is 0 Å². The summed E-state index contributed by atoms with van der Waals surface area (Å²) in [5.74, 6) is -0.714. The maximum atomic E-state index is 14.8. The van der Waals surface area contributed by atoms with Gasteiger partial charge in [-0.05, 0) is 29.3 Å². The molecule has 1 saturated heterocycles. The highest BCUT2D eigenvalue weighted by Crippen LogP contribution is 2.29. The number of nitrogens with one attached hydrogen (secondary N) is 2. The zero-order chi connectivity index (χ0) is 23.3. The summed E-state index contributed by atoms with van der Waals surface area (Å²) in [6.45, 7) is 3.78. The fourth-order valence-corrected chi connectivity index (χ4v) is 3.87. The predicted octanol–water partition coefficient (Wildman–Crippen LogP) is 2.44. The van der Waals surface area contributed by atoms with Crippen molar-refractivity contribution in [3.63, 3.8) is 0 Å². The average Bonchev–Trinajstić information content (AvgIpc) is 3.13. The Bertz CT molecular complexity index is 1090. The summed E-state index contributed by atoms with van der Waals surface area (Å²) >= 11 is 0. The third-order valence-electron chi connectivity index (χ3n) is 5.07. The van der Waals surface area contributed by atoms with Gasteiger partial charge in [0.15, 0.2) is 9.84 Å². The van der Waals surface area contributed by atoms with Crippen LogP contribution in [0.3, 0.4) is 0 Å². The minimum absolute atomic E-state index is 0.0827. The summed E-state index contributed by atoms with van der Waals surface area (Å²) in [6, 6.07) is 11.7. The number of halogens is 1. The second-order valence-electron chi connectivity index (χ2n) is 7.52. The maximum Gasteiger partial charge on any atom is 0.414 e. The van der Waals surface area contributed by atoms with Crippen molar-refractivity contribution in [2.45, 2.75) is 26.5 Å². The van der Waals surface area contributed by atoms with Crippen LogP contribution in [0.2, 0.25) is 0 Å². The van der Waals surface area contributed by atoms with E-state index in [0.717, 1.165) is 5.56 Å². The van der Waals surface area contributed by atoms with Gasteiger partial charge in [-0.15, -0.1) is 0 Å². The largest absolute Gasteiger partial charge is 0.442 e. The lowest BCUT2D eigenvalue weighted by molar-refractivity contribution is -0.119. The van der Waals surface area contributed by atoms with Gasteiger partial charge in [0, 0.05) is 24.8 Å². The van der Waals surface area contributed by atoms with E-state index in [9.17, 15) is 22.4 Å². The highest BCUT2D eigenvalue weighted by molar-refractivity contribution is 7.91. The molecule has 2 aromatic rings. The zero-order valence-electron chi connectivity index (χ0n) is 17.9. The van der Waals surface area contributed by atoms with Crippen molar-refractivity contribution < 1.29 is 27.1 Å². The number of sulfone groups is 1. The number of hydrogen-bond acceptors (Lipinski definition) is 6. The summed E-state index contributed by atoms with van der Waals surface area (Å²) in [5.41, 5.74) is 2.29. The first-order chi connectivity index (χ1) is 15.2. The summed E-state index contributed by atoms with van der Waals surface area (Å²) in [6.07, 6.45) is -1.09. The number of amides is 2. The van der Waals surface area contributed by atoms with E-state index >= 15 is 0 Å². The molecule has 8 nitrogen and oxygen atoms in total. The minimum atomic E-state index is -3.09. The van der Waals surface area contributed by atoms with Gasteiger partial charge in [-0.25, -0.2) is 17.6 Å². The fourth-order valence-electron chi connectivity index (χ4n) is 3.26. The zero-order valence-corrected chi connectivity index (χ0v) is 18.7. The van der Waals surface area contributed by atoms with E-state index in [0.29, 0.717) is 23.4 Å². The summed E-state index contributed by atoms with van der Waals surface area (Å²) < 4.78 is 43.1. The smallest absolute Gasteiger partial charge is 0.414 e. The van der Waals surface area contributed by atoms with Crippen LogP contribution in [0.4, 0.5) is 14.9 Å². The molecule has 0 aromatic heterocycles. The topological polar surface area (TPSA) is 105 Å². The van der Waals surface area contributed by atoms with Gasteiger partial charge < -0.3 is 10.1 Å². The van der Waals surface area contributed by atoms with Crippen molar-refractivity contribution in [2.75, 3.05) is 29.6 Å². The molecule has 2 amide bonds. The summed E-state index contributed by atoms with van der Waals surface area (Å²) in [5, 5.41) is 5.49. The number of carbonyl (C=O) groups excluding carboxylic acids is 2. The molecule has 1 fully saturated rings. The van der Waals surface area contributed by atoms with Crippen molar-refractivity contribution in [3.05, 3.63) is 53.8 Å². The third-order valence-corrected chi connectivity index (χ3v) is 6.60. The molecule has 0 spiro atoms. The number of nitrogens with zero attached hydrogens (tertiary/aromatic N) is 1. The standard InChI is InChI=1S/C22H26FN3O5S/c1-3-32(29,30)14-24-11-16-4-6-17(7-5-16)20-9-8-18(10-21(20)23)26-13-19(31-22(26)28)12-25-15(2)27/h4-10,19,24H,3,11-14H2,1-2H3,(H,25,27)/t19-/m0/s1. The minimum Gasteiger partial charge on any atom is -0.442 e. The van der Waals surface area contributed by atoms with Crippen LogP contribution in [-0.2, 0) is 25.9 Å². The number of ether oxygens (including phenoxy) is 1. The first-order valence-corrected chi connectivity index (χ1v) is 12.0. The second-order valence-corrected chi connectivity index (χ2v) is 9.87. The second kappa shape index (κ2) is 10.1. The number of carbonyl (C=O) groups is 2. The monoisotopic (exact) mass is 463 g/mol. The Hall–Kier alpha value is -2.98. The molecular weight excluding hydrogens is 437 g/mol. The van der Waals surface area contributed by atoms with Crippen LogP contribution in [0.5, 0.6) is 0 Å². The molecule has 0 aliphatic carbocycles. The molecule has 1 aliphatic heterocycles. The summed E-state index contributed by atoms with van der Waals surface area (Å²) in [7, 11) is -3.09. The Kier molecular flexibility index (Phi) is 7.47. The van der Waals surface area contributed by atoms with E-state index in [1.54, 1.807) is 43.3 Å². The van der Waals surface area contributed by atoms with Gasteiger partial charge in [0.25, 0.3) is 0 Å². The molecular formula is C22H26FN3O5S. The number of anilines is 1.